The number of nitrogens with two attached hydrogens (primary N) is 1. The number of rotatable bonds is 6. The topological polar surface area (TPSA) is 98.2 Å². The maximum Gasteiger partial charge on any atom is 0.252 e. The van der Waals surface area contributed by atoms with Gasteiger partial charge in [0.05, 0.1) is 6.54 Å². The predicted octanol–water partition coefficient (Wildman–Crippen LogP) is 1.59. The summed E-state index contributed by atoms with van der Waals surface area (Å²) in [6.07, 6.45) is 0.877. The van der Waals surface area contributed by atoms with E-state index >= 15 is 0 Å². The molecule has 0 bridgehead atoms. The molecule has 0 fully saturated rings. The van der Waals surface area contributed by atoms with Gasteiger partial charge in [0, 0.05) is 24.4 Å². The summed E-state index contributed by atoms with van der Waals surface area (Å²) >= 11 is 0. The fourth-order valence-corrected chi connectivity index (χ4v) is 2.83. The SMILES string of the molecule is Cc1nc2nc(CN)nn2c(C)c1CCC(=O)NCc1ccc(F)cc1. The molecule has 1 aromatic carbocycles. The van der Waals surface area contributed by atoms with Crippen LogP contribution in [-0.2, 0) is 24.3 Å². The van der Waals surface area contributed by atoms with Crippen LogP contribution in [0.25, 0.3) is 5.78 Å². The lowest BCUT2D eigenvalue weighted by Gasteiger charge is -2.10. The van der Waals surface area contributed by atoms with Gasteiger partial charge in [-0.15, -0.1) is 5.10 Å². The molecule has 8 heteroatoms. The lowest BCUT2D eigenvalue weighted by Crippen LogP contribution is -2.23. The molecular formula is C18H21FN6O. The molecule has 3 N–H and O–H groups in total. The van der Waals surface area contributed by atoms with Gasteiger partial charge in [0.1, 0.15) is 5.82 Å². The third-order valence-electron chi connectivity index (χ3n) is 4.28. The summed E-state index contributed by atoms with van der Waals surface area (Å²) in [7, 11) is 0. The van der Waals surface area contributed by atoms with E-state index in [9.17, 15) is 9.18 Å². The largest absolute Gasteiger partial charge is 0.352 e. The number of carbonyl (C=O) groups is 1. The number of nitrogens with one attached hydrogen (secondary N) is 1. The normalized spacial score (nSPS) is 11.1. The molecule has 7 nitrogen and oxygen atoms in total. The maximum atomic E-state index is 12.9. The third kappa shape index (κ3) is 3.85. The molecule has 0 saturated heterocycles. The number of aryl methyl sites for hydroxylation is 2. The van der Waals surface area contributed by atoms with E-state index in [0.717, 1.165) is 22.5 Å². The standard InChI is InChI=1S/C18H21FN6O/c1-11-15(12(2)25-18(22-11)23-16(9-20)24-25)7-8-17(26)21-10-13-3-5-14(19)6-4-13/h3-6H,7-10,20H2,1-2H3,(H,21,26). The summed E-state index contributed by atoms with van der Waals surface area (Å²) in [5.74, 6) is 0.688. The predicted molar refractivity (Wildman–Crippen MR) is 94.7 cm³/mol. The summed E-state index contributed by atoms with van der Waals surface area (Å²) in [5.41, 5.74) is 9.16. The van der Waals surface area contributed by atoms with Crippen LogP contribution in [0.3, 0.4) is 0 Å². The number of benzene rings is 1. The fourth-order valence-electron chi connectivity index (χ4n) is 2.83. The molecule has 0 aliphatic heterocycles. The van der Waals surface area contributed by atoms with Crippen LogP contribution in [0.2, 0.25) is 0 Å². The minimum Gasteiger partial charge on any atom is -0.352 e. The van der Waals surface area contributed by atoms with Crippen molar-refractivity contribution in [2.45, 2.75) is 39.8 Å². The van der Waals surface area contributed by atoms with Gasteiger partial charge in [-0.1, -0.05) is 12.1 Å². The van der Waals surface area contributed by atoms with Crippen molar-refractivity contribution < 1.29 is 9.18 Å². The number of hydrogen-bond acceptors (Lipinski definition) is 5. The van der Waals surface area contributed by atoms with Crippen molar-refractivity contribution in [1.82, 2.24) is 24.9 Å². The first kappa shape index (κ1) is 17.9. The number of carbonyl (C=O) groups excluding carboxylic acids is 1. The molecule has 0 aliphatic rings. The Morgan fingerprint density at radius 2 is 1.96 bits per heavy atom. The minimum atomic E-state index is -0.292. The maximum absolute atomic E-state index is 12.9. The van der Waals surface area contributed by atoms with Gasteiger partial charge in [0.2, 0.25) is 5.91 Å². The Labute approximate surface area is 150 Å². The summed E-state index contributed by atoms with van der Waals surface area (Å²) in [5, 5.41) is 7.17. The van der Waals surface area contributed by atoms with E-state index in [0.29, 0.717) is 31.0 Å². The summed E-state index contributed by atoms with van der Waals surface area (Å²) < 4.78 is 14.6. The molecule has 0 aliphatic carbocycles. The third-order valence-corrected chi connectivity index (χ3v) is 4.28. The summed E-state index contributed by atoms with van der Waals surface area (Å²) in [6.45, 7) is 4.46. The van der Waals surface area contributed by atoms with Crippen molar-refractivity contribution in [2.24, 2.45) is 5.73 Å². The average Bonchev–Trinajstić information content (AvgIpc) is 3.04. The fraction of sp³-hybridized carbons (Fsp3) is 0.333. The Morgan fingerprint density at radius 1 is 1.23 bits per heavy atom. The van der Waals surface area contributed by atoms with E-state index in [2.05, 4.69) is 20.4 Å². The van der Waals surface area contributed by atoms with E-state index in [1.54, 1.807) is 16.6 Å². The first-order valence-corrected chi connectivity index (χ1v) is 8.41. The molecule has 0 atom stereocenters. The number of nitrogens with zero attached hydrogens (tertiary/aromatic N) is 4. The Bertz CT molecular complexity index is 935. The Morgan fingerprint density at radius 3 is 2.65 bits per heavy atom. The van der Waals surface area contributed by atoms with Gasteiger partial charge in [-0.3, -0.25) is 4.79 Å². The van der Waals surface area contributed by atoms with E-state index < -0.39 is 0 Å². The second-order valence-electron chi connectivity index (χ2n) is 6.11. The molecule has 3 rings (SSSR count). The molecule has 1 amide bonds. The average molecular weight is 356 g/mol. The van der Waals surface area contributed by atoms with E-state index in [4.69, 9.17) is 5.73 Å². The second-order valence-corrected chi connectivity index (χ2v) is 6.11. The zero-order valence-electron chi connectivity index (χ0n) is 14.8. The molecule has 3 aromatic rings. The van der Waals surface area contributed by atoms with Crippen molar-refractivity contribution in [3.63, 3.8) is 0 Å². The summed E-state index contributed by atoms with van der Waals surface area (Å²) in [4.78, 5) is 20.9. The first-order chi connectivity index (χ1) is 12.5. The first-order valence-electron chi connectivity index (χ1n) is 8.41. The highest BCUT2D eigenvalue weighted by atomic mass is 19.1. The zero-order chi connectivity index (χ0) is 18.7. The highest BCUT2D eigenvalue weighted by Crippen LogP contribution is 2.15. The minimum absolute atomic E-state index is 0.0746. The van der Waals surface area contributed by atoms with Gasteiger partial charge in [0.25, 0.3) is 5.78 Å². The number of hydrogen-bond donors (Lipinski definition) is 2. The van der Waals surface area contributed by atoms with Gasteiger partial charge < -0.3 is 11.1 Å². The quantitative estimate of drug-likeness (QED) is 0.699. The van der Waals surface area contributed by atoms with Crippen molar-refractivity contribution in [1.29, 1.82) is 0 Å². The van der Waals surface area contributed by atoms with Crippen LogP contribution in [0.4, 0.5) is 4.39 Å². The van der Waals surface area contributed by atoms with Crippen LogP contribution in [-0.4, -0.2) is 25.5 Å². The molecule has 0 unspecified atom stereocenters. The van der Waals surface area contributed by atoms with Crippen molar-refractivity contribution >= 4 is 11.7 Å². The number of aromatic nitrogens is 4. The molecular weight excluding hydrogens is 335 g/mol. The van der Waals surface area contributed by atoms with Crippen LogP contribution >= 0.6 is 0 Å². The smallest absolute Gasteiger partial charge is 0.252 e. The van der Waals surface area contributed by atoms with Crippen LogP contribution in [0, 0.1) is 19.7 Å². The molecule has 0 radical (unpaired) electrons. The van der Waals surface area contributed by atoms with Gasteiger partial charge in [-0.2, -0.15) is 4.98 Å². The Hall–Kier alpha value is -2.87. The van der Waals surface area contributed by atoms with Crippen LogP contribution in [0.5, 0.6) is 0 Å². The molecule has 2 heterocycles. The molecule has 2 aromatic heterocycles. The number of halogens is 1. The van der Waals surface area contributed by atoms with Gasteiger partial charge in [-0.25, -0.2) is 13.9 Å². The number of amides is 1. The van der Waals surface area contributed by atoms with Crippen molar-refractivity contribution in [3.05, 3.63) is 58.4 Å². The monoisotopic (exact) mass is 356 g/mol. The number of fused-ring (bicyclic) bond motifs is 1. The highest BCUT2D eigenvalue weighted by Gasteiger charge is 2.14. The Balaban J connectivity index is 1.65. The second kappa shape index (κ2) is 7.57. The van der Waals surface area contributed by atoms with E-state index in [1.807, 2.05) is 13.8 Å². The van der Waals surface area contributed by atoms with E-state index in [-0.39, 0.29) is 18.3 Å². The Kier molecular flexibility index (Phi) is 5.22. The lowest BCUT2D eigenvalue weighted by molar-refractivity contribution is -0.121. The van der Waals surface area contributed by atoms with Crippen LogP contribution in [0.1, 0.15) is 34.8 Å². The zero-order valence-corrected chi connectivity index (χ0v) is 14.8. The molecule has 136 valence electrons. The highest BCUT2D eigenvalue weighted by molar-refractivity contribution is 5.76. The summed E-state index contributed by atoms with van der Waals surface area (Å²) in [6, 6.07) is 6.06. The molecule has 0 spiro atoms. The van der Waals surface area contributed by atoms with E-state index in [1.165, 1.54) is 12.1 Å². The van der Waals surface area contributed by atoms with Crippen molar-refractivity contribution in [3.8, 4) is 0 Å². The lowest BCUT2D eigenvalue weighted by atomic mass is 10.1. The van der Waals surface area contributed by atoms with Gasteiger partial charge in [0.15, 0.2) is 5.82 Å². The molecule has 0 saturated carbocycles. The van der Waals surface area contributed by atoms with Crippen molar-refractivity contribution in [2.75, 3.05) is 0 Å². The van der Waals surface area contributed by atoms with Gasteiger partial charge in [-0.05, 0) is 43.5 Å². The molecule has 26 heavy (non-hydrogen) atoms. The van der Waals surface area contributed by atoms with Crippen LogP contribution < -0.4 is 11.1 Å². The van der Waals surface area contributed by atoms with Gasteiger partial charge >= 0.3 is 0 Å². The van der Waals surface area contributed by atoms with Crippen LogP contribution in [0.15, 0.2) is 24.3 Å².